The lowest BCUT2D eigenvalue weighted by Gasteiger charge is -2.26. The zero-order valence-electron chi connectivity index (χ0n) is 17.3. The van der Waals surface area contributed by atoms with Crippen molar-refractivity contribution < 1.29 is 9.13 Å². The molecule has 3 atom stereocenters. The van der Waals surface area contributed by atoms with Gasteiger partial charge < -0.3 is 4.74 Å². The Morgan fingerprint density at radius 1 is 1.07 bits per heavy atom. The molecule has 2 aromatic carbocycles. The predicted octanol–water partition coefficient (Wildman–Crippen LogP) is 4.54. The number of fused-ring (bicyclic) bond motifs is 2. The summed E-state index contributed by atoms with van der Waals surface area (Å²) in [5.74, 6) is 1.80. The van der Waals surface area contributed by atoms with Crippen LogP contribution in [0.2, 0.25) is 0 Å². The van der Waals surface area contributed by atoms with Crippen molar-refractivity contribution in [3.63, 3.8) is 0 Å². The summed E-state index contributed by atoms with van der Waals surface area (Å²) in [5.41, 5.74) is 3.08. The molecular weight excluding hydrogens is 401 g/mol. The van der Waals surface area contributed by atoms with Gasteiger partial charge in [0.15, 0.2) is 0 Å². The third-order valence-corrected chi connectivity index (χ3v) is 6.51. The quantitative estimate of drug-likeness (QED) is 0.611. The molecule has 0 aliphatic carbocycles. The van der Waals surface area contributed by atoms with Gasteiger partial charge in [0.2, 0.25) is 0 Å². The Morgan fingerprint density at radius 2 is 1.90 bits per heavy atom. The van der Waals surface area contributed by atoms with Crippen LogP contribution in [0.3, 0.4) is 0 Å². The molecule has 30 heavy (non-hydrogen) atoms. The second-order valence-electron chi connectivity index (χ2n) is 8.39. The van der Waals surface area contributed by atoms with Crippen LogP contribution in [0, 0.1) is 17.7 Å². The number of likely N-dealkylation sites (tertiary alicyclic amines) is 2. The van der Waals surface area contributed by atoms with Crippen LogP contribution in [0.5, 0.6) is 5.75 Å². The van der Waals surface area contributed by atoms with Crippen LogP contribution in [-0.2, 0) is 6.54 Å². The van der Waals surface area contributed by atoms with E-state index < -0.39 is 0 Å². The first-order valence-corrected chi connectivity index (χ1v) is 10.2. The topological polar surface area (TPSA) is 28.6 Å². The molecule has 3 aromatic rings. The zero-order chi connectivity index (χ0) is 20.0. The van der Waals surface area contributed by atoms with Gasteiger partial charge in [-0.3, -0.25) is 9.80 Å². The van der Waals surface area contributed by atoms with Crippen LogP contribution in [-0.4, -0.2) is 48.6 Å². The van der Waals surface area contributed by atoms with E-state index in [0.717, 1.165) is 54.1 Å². The molecule has 0 radical (unpaired) electrons. The Labute approximate surface area is 183 Å². The number of hydrogen-bond acceptors (Lipinski definition) is 4. The number of ether oxygens (including phenoxy) is 1. The third kappa shape index (κ3) is 3.78. The highest BCUT2D eigenvalue weighted by atomic mass is 35.5. The maximum absolute atomic E-state index is 13.8. The van der Waals surface area contributed by atoms with Crippen LogP contribution in [0.15, 0.2) is 54.6 Å². The van der Waals surface area contributed by atoms with Crippen LogP contribution < -0.4 is 4.74 Å². The van der Waals surface area contributed by atoms with Crippen molar-refractivity contribution in [1.29, 1.82) is 0 Å². The number of hydrogen-bond donors (Lipinski definition) is 0. The Bertz CT molecular complexity index is 1050. The Morgan fingerprint density at radius 3 is 2.70 bits per heavy atom. The zero-order valence-corrected chi connectivity index (χ0v) is 18.1. The van der Waals surface area contributed by atoms with Gasteiger partial charge >= 0.3 is 0 Å². The van der Waals surface area contributed by atoms with E-state index in [0.29, 0.717) is 11.8 Å². The van der Waals surface area contributed by atoms with E-state index >= 15 is 0 Å². The highest BCUT2D eigenvalue weighted by Crippen LogP contribution is 2.44. The first-order chi connectivity index (χ1) is 14.1. The van der Waals surface area contributed by atoms with E-state index in [9.17, 15) is 4.39 Å². The first kappa shape index (κ1) is 21.0. The minimum absolute atomic E-state index is 0. The highest BCUT2D eigenvalue weighted by Gasteiger charge is 2.46. The van der Waals surface area contributed by atoms with Gasteiger partial charge in [0, 0.05) is 37.6 Å². The summed E-state index contributed by atoms with van der Waals surface area (Å²) >= 11 is 0. The van der Waals surface area contributed by atoms with E-state index in [-0.39, 0.29) is 24.3 Å². The number of nitrogens with zero attached hydrogens (tertiary/aromatic N) is 3. The monoisotopic (exact) mass is 427 g/mol. The van der Waals surface area contributed by atoms with Gasteiger partial charge in [-0.25, -0.2) is 9.37 Å². The lowest BCUT2D eigenvalue weighted by atomic mass is 9.89. The van der Waals surface area contributed by atoms with Crippen molar-refractivity contribution in [1.82, 2.24) is 14.8 Å². The number of pyridine rings is 1. The molecule has 0 unspecified atom stereocenters. The van der Waals surface area contributed by atoms with Crippen molar-refractivity contribution in [2.24, 2.45) is 11.8 Å². The van der Waals surface area contributed by atoms with Gasteiger partial charge in [0.25, 0.3) is 0 Å². The van der Waals surface area contributed by atoms with Crippen molar-refractivity contribution in [3.8, 4) is 5.75 Å². The number of aromatic nitrogens is 1. The molecule has 0 N–H and O–H groups in total. The van der Waals surface area contributed by atoms with E-state index in [1.54, 1.807) is 13.2 Å². The molecule has 2 aliphatic rings. The fourth-order valence-corrected chi connectivity index (χ4v) is 5.31. The van der Waals surface area contributed by atoms with Gasteiger partial charge in [0.05, 0.1) is 12.8 Å². The molecule has 158 valence electrons. The van der Waals surface area contributed by atoms with Crippen molar-refractivity contribution in [3.05, 3.63) is 71.7 Å². The van der Waals surface area contributed by atoms with Gasteiger partial charge in [-0.1, -0.05) is 30.3 Å². The van der Waals surface area contributed by atoms with E-state index in [1.165, 1.54) is 6.07 Å². The Hall–Kier alpha value is -2.21. The second kappa shape index (κ2) is 8.50. The van der Waals surface area contributed by atoms with E-state index in [4.69, 9.17) is 9.72 Å². The van der Waals surface area contributed by atoms with Gasteiger partial charge in [-0.05, 0) is 48.7 Å². The molecule has 6 heteroatoms. The number of para-hydroxylation sites is 1. The van der Waals surface area contributed by atoms with Crippen LogP contribution in [0.1, 0.15) is 17.3 Å². The van der Waals surface area contributed by atoms with Crippen LogP contribution in [0.25, 0.3) is 10.9 Å². The average molecular weight is 428 g/mol. The van der Waals surface area contributed by atoms with Gasteiger partial charge in [-0.2, -0.15) is 0 Å². The maximum atomic E-state index is 13.8. The molecule has 3 heterocycles. The third-order valence-electron chi connectivity index (χ3n) is 6.51. The summed E-state index contributed by atoms with van der Waals surface area (Å²) in [5, 5.41) is 1.10. The smallest absolute Gasteiger partial charge is 0.145 e. The normalized spacial score (nSPS) is 24.0. The SMILES string of the molecule is COc1cccc2ccc(CN3C[C@@H]4CN(C)[C@@H](c5cccc(F)c5)[C@@H]4C3)nc12.Cl. The summed E-state index contributed by atoms with van der Waals surface area (Å²) in [4.78, 5) is 9.77. The summed E-state index contributed by atoms with van der Waals surface area (Å²) in [6, 6.07) is 17.6. The molecule has 4 nitrogen and oxygen atoms in total. The lowest BCUT2D eigenvalue weighted by Crippen LogP contribution is -2.29. The predicted molar refractivity (Wildman–Crippen MR) is 120 cm³/mol. The molecule has 0 spiro atoms. The fraction of sp³-hybridized carbons (Fsp3) is 0.375. The molecule has 2 aliphatic heterocycles. The standard InChI is InChI=1S/C24H26FN3O.ClH/c1-27-12-18-13-28(15-21(18)24(27)17-6-3-7-19(25)11-17)14-20-10-9-16-5-4-8-22(29-2)23(16)26-20;/h3-11,18,21,24H,12-15H2,1-2H3;1H/t18-,21+,24-;/m0./s1. The van der Waals surface area contributed by atoms with Gasteiger partial charge in [-0.15, -0.1) is 12.4 Å². The molecule has 2 fully saturated rings. The minimum Gasteiger partial charge on any atom is -0.494 e. The van der Waals surface area contributed by atoms with Crippen molar-refractivity contribution in [2.75, 3.05) is 33.8 Å². The number of benzene rings is 2. The molecule has 1 aromatic heterocycles. The molecule has 0 amide bonds. The first-order valence-electron chi connectivity index (χ1n) is 10.2. The average Bonchev–Trinajstić information content (AvgIpc) is 3.22. The minimum atomic E-state index is -0.150. The molecular formula is C24H27ClFN3O. The summed E-state index contributed by atoms with van der Waals surface area (Å²) in [6.07, 6.45) is 0. The second-order valence-corrected chi connectivity index (χ2v) is 8.39. The summed E-state index contributed by atoms with van der Waals surface area (Å²) < 4.78 is 19.3. The van der Waals surface area contributed by atoms with Crippen molar-refractivity contribution in [2.45, 2.75) is 12.6 Å². The summed E-state index contributed by atoms with van der Waals surface area (Å²) in [6.45, 7) is 3.97. The molecule has 0 saturated carbocycles. The highest BCUT2D eigenvalue weighted by molar-refractivity contribution is 5.85. The van der Waals surface area contributed by atoms with E-state index in [1.807, 2.05) is 18.2 Å². The summed E-state index contributed by atoms with van der Waals surface area (Å²) in [7, 11) is 3.85. The number of halogens is 2. The lowest BCUT2D eigenvalue weighted by molar-refractivity contribution is 0.223. The van der Waals surface area contributed by atoms with Gasteiger partial charge in [0.1, 0.15) is 17.1 Å². The largest absolute Gasteiger partial charge is 0.494 e. The van der Waals surface area contributed by atoms with Crippen molar-refractivity contribution >= 4 is 23.3 Å². The number of rotatable bonds is 4. The van der Waals surface area contributed by atoms with E-state index in [2.05, 4.69) is 41.1 Å². The van der Waals surface area contributed by atoms with Crippen LogP contribution >= 0.6 is 12.4 Å². The Balaban J connectivity index is 0.00000218. The fourth-order valence-electron chi connectivity index (χ4n) is 5.31. The maximum Gasteiger partial charge on any atom is 0.145 e. The molecule has 2 saturated heterocycles. The molecule has 0 bridgehead atoms. The molecule has 5 rings (SSSR count). The van der Waals surface area contributed by atoms with Crippen LogP contribution in [0.4, 0.5) is 4.39 Å². The number of methoxy groups -OCH3 is 1. The Kier molecular flexibility index (Phi) is 5.96.